The van der Waals surface area contributed by atoms with Gasteiger partial charge in [0, 0.05) is 34.1 Å². The van der Waals surface area contributed by atoms with Crippen LogP contribution in [0.5, 0.6) is 0 Å². The van der Waals surface area contributed by atoms with Gasteiger partial charge in [-0.05, 0) is 31.0 Å². The molecule has 2 aromatic rings. The van der Waals surface area contributed by atoms with Crippen molar-refractivity contribution in [3.63, 3.8) is 0 Å². The van der Waals surface area contributed by atoms with Crippen LogP contribution in [0, 0.1) is 0 Å². The Balaban J connectivity index is 2.54. The summed E-state index contributed by atoms with van der Waals surface area (Å²) in [5.41, 5.74) is 2.75. The van der Waals surface area contributed by atoms with Crippen LogP contribution in [-0.4, -0.2) is 17.7 Å². The van der Waals surface area contributed by atoms with Crippen molar-refractivity contribution in [1.82, 2.24) is 4.98 Å². The minimum atomic E-state index is -0.345. The average molecular weight is 280 g/mol. The van der Waals surface area contributed by atoms with Crippen LogP contribution >= 0.6 is 11.6 Å². The molecule has 0 fully saturated rings. The van der Waals surface area contributed by atoms with Crippen molar-refractivity contribution in [3.8, 4) is 0 Å². The van der Waals surface area contributed by atoms with E-state index in [4.69, 9.17) is 16.3 Å². The van der Waals surface area contributed by atoms with E-state index in [1.807, 2.05) is 12.1 Å². The number of carbonyl (C=O) groups excluding carboxylic acids is 2. The van der Waals surface area contributed by atoms with Crippen molar-refractivity contribution in [2.45, 2.75) is 25.9 Å². The zero-order valence-corrected chi connectivity index (χ0v) is 11.2. The molecular formula is C14H14ClNO3. The number of nitrogens with one attached hydrogen (secondary N) is 1. The highest BCUT2D eigenvalue weighted by Crippen LogP contribution is 2.32. The lowest BCUT2D eigenvalue weighted by Crippen LogP contribution is -1.98. The molecule has 19 heavy (non-hydrogen) atoms. The summed E-state index contributed by atoms with van der Waals surface area (Å²) in [5, 5.41) is 1.59. The van der Waals surface area contributed by atoms with Crippen LogP contribution in [0.25, 0.3) is 10.9 Å². The number of aldehydes is 1. The quantitative estimate of drug-likeness (QED) is 0.826. The van der Waals surface area contributed by atoms with Crippen LogP contribution in [0.4, 0.5) is 0 Å². The summed E-state index contributed by atoms with van der Waals surface area (Å²) in [6.45, 7) is 2.24. The van der Waals surface area contributed by atoms with Crippen LogP contribution < -0.4 is 0 Å². The second-order valence-electron chi connectivity index (χ2n) is 4.31. The Morgan fingerprint density at radius 1 is 1.42 bits per heavy atom. The molecule has 100 valence electrons. The van der Waals surface area contributed by atoms with Gasteiger partial charge in [0.2, 0.25) is 0 Å². The average Bonchev–Trinajstić information content (AvgIpc) is 2.79. The number of fused-ring (bicyclic) bond motifs is 1. The predicted molar refractivity (Wildman–Crippen MR) is 73.3 cm³/mol. The third-order valence-corrected chi connectivity index (χ3v) is 3.30. The van der Waals surface area contributed by atoms with Crippen LogP contribution in [0.2, 0.25) is 5.02 Å². The molecule has 1 atom stereocenters. The van der Waals surface area contributed by atoms with Crippen molar-refractivity contribution >= 4 is 35.3 Å². The lowest BCUT2D eigenvalue weighted by Gasteiger charge is -2.11. The fourth-order valence-corrected chi connectivity index (χ4v) is 2.48. The highest BCUT2D eigenvalue weighted by molar-refractivity contribution is 6.31. The number of aromatic amines is 1. The van der Waals surface area contributed by atoms with Gasteiger partial charge in [0.05, 0.1) is 0 Å². The van der Waals surface area contributed by atoms with Gasteiger partial charge in [-0.3, -0.25) is 4.79 Å². The summed E-state index contributed by atoms with van der Waals surface area (Å²) < 4.78 is 4.98. The molecule has 1 unspecified atom stereocenters. The van der Waals surface area contributed by atoms with Gasteiger partial charge in [0.25, 0.3) is 6.47 Å². The fraction of sp³-hybridized carbons (Fsp3) is 0.286. The van der Waals surface area contributed by atoms with E-state index < -0.39 is 0 Å². The standard InChI is InChI=1S/C14H14ClNO3/c1-9(19-8-18)12-7-16-13-6-11(15)5-10(14(12)13)3-2-4-17/h4-9,16H,2-3H2,1H3. The first-order chi connectivity index (χ1) is 9.17. The van der Waals surface area contributed by atoms with Crippen molar-refractivity contribution in [3.05, 3.63) is 34.5 Å². The lowest BCUT2D eigenvalue weighted by molar-refractivity contribution is -0.133. The van der Waals surface area contributed by atoms with Crippen molar-refractivity contribution < 1.29 is 14.3 Å². The Labute approximate surface area is 115 Å². The number of aromatic nitrogens is 1. The number of benzene rings is 1. The molecule has 0 spiro atoms. The molecule has 2 rings (SSSR count). The maximum Gasteiger partial charge on any atom is 0.293 e. The number of H-pyrrole nitrogens is 1. The van der Waals surface area contributed by atoms with Gasteiger partial charge >= 0.3 is 0 Å². The fourth-order valence-electron chi connectivity index (χ4n) is 2.23. The summed E-state index contributed by atoms with van der Waals surface area (Å²) >= 11 is 6.06. The molecule has 1 heterocycles. The Hall–Kier alpha value is -1.81. The zero-order chi connectivity index (χ0) is 13.8. The van der Waals surface area contributed by atoms with E-state index in [9.17, 15) is 9.59 Å². The first kappa shape index (κ1) is 13.6. The number of hydrogen-bond donors (Lipinski definition) is 1. The first-order valence-corrected chi connectivity index (χ1v) is 6.37. The first-order valence-electron chi connectivity index (χ1n) is 5.99. The van der Waals surface area contributed by atoms with Crippen molar-refractivity contribution in [2.75, 3.05) is 0 Å². The largest absolute Gasteiger partial charge is 0.460 e. The van der Waals surface area contributed by atoms with E-state index in [0.717, 1.165) is 28.3 Å². The second kappa shape index (κ2) is 5.89. The molecule has 0 saturated heterocycles. The van der Waals surface area contributed by atoms with E-state index >= 15 is 0 Å². The summed E-state index contributed by atoms with van der Waals surface area (Å²) in [4.78, 5) is 24.1. The van der Waals surface area contributed by atoms with Crippen molar-refractivity contribution in [2.24, 2.45) is 0 Å². The third kappa shape index (κ3) is 2.79. The van der Waals surface area contributed by atoms with Gasteiger partial charge in [0.15, 0.2) is 0 Å². The number of rotatable bonds is 6. The number of ether oxygens (including phenoxy) is 1. The molecule has 4 nitrogen and oxygen atoms in total. The predicted octanol–water partition coefficient (Wildman–Crippen LogP) is 3.19. The van der Waals surface area contributed by atoms with E-state index in [2.05, 4.69) is 4.98 Å². The highest BCUT2D eigenvalue weighted by atomic mass is 35.5. The van der Waals surface area contributed by atoms with Crippen LogP contribution in [0.1, 0.15) is 30.6 Å². The van der Waals surface area contributed by atoms with E-state index in [-0.39, 0.29) is 6.10 Å². The lowest BCUT2D eigenvalue weighted by atomic mass is 10.00. The molecule has 1 N–H and O–H groups in total. The molecule has 0 bridgehead atoms. The maximum atomic E-state index is 10.5. The maximum absolute atomic E-state index is 10.5. The van der Waals surface area contributed by atoms with Crippen LogP contribution in [0.15, 0.2) is 18.3 Å². The summed E-state index contributed by atoms with van der Waals surface area (Å²) in [6, 6.07) is 3.66. The topological polar surface area (TPSA) is 59.2 Å². The molecule has 5 heteroatoms. The minimum absolute atomic E-state index is 0.345. The Morgan fingerprint density at radius 2 is 2.21 bits per heavy atom. The highest BCUT2D eigenvalue weighted by Gasteiger charge is 2.15. The van der Waals surface area contributed by atoms with Gasteiger partial charge < -0.3 is 14.5 Å². The summed E-state index contributed by atoms with van der Waals surface area (Å²) in [6.07, 6.45) is 3.38. The Kier molecular flexibility index (Phi) is 4.22. The SMILES string of the molecule is CC(OC=O)c1c[nH]c2cc(Cl)cc(CCC=O)c12. The number of halogens is 1. The number of aryl methyl sites for hydroxylation is 1. The molecule has 0 aliphatic rings. The van der Waals surface area contributed by atoms with Crippen LogP contribution in [0.3, 0.4) is 0 Å². The molecule has 0 aliphatic carbocycles. The van der Waals surface area contributed by atoms with E-state index in [0.29, 0.717) is 24.3 Å². The normalized spacial score (nSPS) is 12.3. The minimum Gasteiger partial charge on any atom is -0.460 e. The smallest absolute Gasteiger partial charge is 0.293 e. The molecule has 1 aromatic heterocycles. The monoisotopic (exact) mass is 279 g/mol. The van der Waals surface area contributed by atoms with Gasteiger partial charge in [0.1, 0.15) is 12.4 Å². The second-order valence-corrected chi connectivity index (χ2v) is 4.75. The third-order valence-electron chi connectivity index (χ3n) is 3.09. The van der Waals surface area contributed by atoms with E-state index in [1.54, 1.807) is 13.1 Å². The Bertz CT molecular complexity index is 606. The van der Waals surface area contributed by atoms with Gasteiger partial charge in [-0.1, -0.05) is 11.6 Å². The van der Waals surface area contributed by atoms with Gasteiger partial charge in [-0.25, -0.2) is 0 Å². The molecule has 0 saturated carbocycles. The number of carbonyl (C=O) groups is 2. The summed E-state index contributed by atoms with van der Waals surface area (Å²) in [5.74, 6) is 0. The van der Waals surface area contributed by atoms with Crippen molar-refractivity contribution in [1.29, 1.82) is 0 Å². The molecule has 0 amide bonds. The van der Waals surface area contributed by atoms with Gasteiger partial charge in [-0.2, -0.15) is 0 Å². The molecule has 1 aromatic carbocycles. The van der Waals surface area contributed by atoms with E-state index in [1.165, 1.54) is 0 Å². The summed E-state index contributed by atoms with van der Waals surface area (Å²) in [7, 11) is 0. The number of hydrogen-bond acceptors (Lipinski definition) is 3. The van der Waals surface area contributed by atoms with Crippen LogP contribution in [-0.2, 0) is 20.7 Å². The molecule has 0 radical (unpaired) electrons. The van der Waals surface area contributed by atoms with Gasteiger partial charge in [-0.15, -0.1) is 0 Å². The molecule has 0 aliphatic heterocycles. The zero-order valence-electron chi connectivity index (χ0n) is 10.5. The Morgan fingerprint density at radius 3 is 2.89 bits per heavy atom. The molecular weight excluding hydrogens is 266 g/mol.